The third kappa shape index (κ3) is 7.30. The van der Waals surface area contributed by atoms with Crippen LogP contribution in [0, 0.1) is 5.92 Å². The molecule has 0 atom stereocenters. The van der Waals surface area contributed by atoms with Crippen molar-refractivity contribution in [2.75, 3.05) is 13.1 Å². The van der Waals surface area contributed by atoms with Crippen molar-refractivity contribution in [3.05, 3.63) is 0 Å². The molecule has 0 fully saturated rings. The molecule has 0 heterocycles. The molecule has 0 spiro atoms. The molecular formula is C10H23N3O2. The zero-order valence-electron chi connectivity index (χ0n) is 10.1. The number of hydrazine groups is 1. The van der Waals surface area contributed by atoms with Gasteiger partial charge in [-0.15, -0.1) is 0 Å². The average Bonchev–Trinajstić information content (AvgIpc) is 2.11. The maximum absolute atomic E-state index is 11.1. The summed E-state index contributed by atoms with van der Waals surface area (Å²) in [5.74, 6) is 5.14. The monoisotopic (exact) mass is 217 g/mol. The lowest BCUT2D eigenvalue weighted by Crippen LogP contribution is -2.37. The summed E-state index contributed by atoms with van der Waals surface area (Å²) in [7, 11) is 0. The van der Waals surface area contributed by atoms with Crippen molar-refractivity contribution >= 4 is 5.97 Å². The largest absolute Gasteiger partial charge is 0.356 e. The van der Waals surface area contributed by atoms with E-state index in [1.807, 2.05) is 5.59 Å². The number of hydrogen-bond acceptors (Lipinski definition) is 5. The minimum atomic E-state index is -0.327. The fraction of sp³-hybridized carbons (Fsp3) is 0.900. The molecule has 5 nitrogen and oxygen atoms in total. The number of nitrogens with two attached hydrogens (primary N) is 1. The Morgan fingerprint density at radius 3 is 2.40 bits per heavy atom. The Morgan fingerprint density at radius 1 is 1.40 bits per heavy atom. The van der Waals surface area contributed by atoms with Crippen LogP contribution in [0.4, 0.5) is 0 Å². The first-order valence-electron chi connectivity index (χ1n) is 5.36. The fourth-order valence-corrected chi connectivity index (χ4v) is 1.38. The van der Waals surface area contributed by atoms with Crippen LogP contribution < -0.4 is 11.4 Å². The Kier molecular flexibility index (Phi) is 7.29. The van der Waals surface area contributed by atoms with Crippen LogP contribution >= 0.6 is 0 Å². The first-order valence-corrected chi connectivity index (χ1v) is 5.36. The molecule has 0 aliphatic rings. The molecule has 15 heavy (non-hydrogen) atoms. The van der Waals surface area contributed by atoms with Gasteiger partial charge in [0.2, 0.25) is 0 Å². The normalized spacial score (nSPS) is 11.5. The van der Waals surface area contributed by atoms with Crippen molar-refractivity contribution in [2.45, 2.75) is 40.2 Å². The van der Waals surface area contributed by atoms with Crippen LogP contribution in [0.3, 0.4) is 0 Å². The molecule has 0 aromatic heterocycles. The van der Waals surface area contributed by atoms with Crippen molar-refractivity contribution in [1.29, 1.82) is 0 Å². The summed E-state index contributed by atoms with van der Waals surface area (Å²) in [6, 6.07) is 0.436. The van der Waals surface area contributed by atoms with E-state index in [1.165, 1.54) is 0 Å². The molecule has 0 radical (unpaired) electrons. The van der Waals surface area contributed by atoms with Gasteiger partial charge in [-0.2, -0.15) is 0 Å². The van der Waals surface area contributed by atoms with Crippen LogP contribution in [-0.2, 0) is 9.63 Å². The molecule has 0 amide bonds. The van der Waals surface area contributed by atoms with Crippen molar-refractivity contribution in [3.63, 3.8) is 0 Å². The molecule has 5 heteroatoms. The van der Waals surface area contributed by atoms with Gasteiger partial charge < -0.3 is 9.74 Å². The molecule has 0 aliphatic heterocycles. The Hall–Kier alpha value is -0.650. The van der Waals surface area contributed by atoms with Gasteiger partial charge in [-0.05, 0) is 19.8 Å². The highest BCUT2D eigenvalue weighted by Crippen LogP contribution is 2.05. The van der Waals surface area contributed by atoms with E-state index in [0.717, 1.165) is 6.54 Å². The predicted octanol–water partition coefficient (Wildman–Crippen LogP) is 0.664. The van der Waals surface area contributed by atoms with Crippen LogP contribution in [0.5, 0.6) is 0 Å². The molecule has 0 unspecified atom stereocenters. The average molecular weight is 217 g/mol. The molecule has 0 saturated carbocycles. The number of rotatable bonds is 7. The SMILES string of the molecule is CC(C)CN(CCC(=O)ONN)C(C)C. The quantitative estimate of drug-likeness (QED) is 0.484. The summed E-state index contributed by atoms with van der Waals surface area (Å²) in [4.78, 5) is 17.8. The minimum absolute atomic E-state index is 0.327. The number of carbonyl (C=O) groups excluding carboxylic acids is 1. The highest BCUT2D eigenvalue weighted by molar-refractivity contribution is 5.69. The van der Waals surface area contributed by atoms with Gasteiger partial charge in [0.15, 0.2) is 0 Å². The van der Waals surface area contributed by atoms with Gasteiger partial charge in [0, 0.05) is 19.1 Å². The topological polar surface area (TPSA) is 67.6 Å². The van der Waals surface area contributed by atoms with Crippen molar-refractivity contribution in [2.24, 2.45) is 11.8 Å². The lowest BCUT2D eigenvalue weighted by molar-refractivity contribution is -0.151. The van der Waals surface area contributed by atoms with Gasteiger partial charge in [-0.3, -0.25) is 4.79 Å². The van der Waals surface area contributed by atoms with Gasteiger partial charge in [0.25, 0.3) is 0 Å². The Balaban J connectivity index is 3.90. The third-order valence-corrected chi connectivity index (χ3v) is 2.11. The highest BCUT2D eigenvalue weighted by Gasteiger charge is 2.13. The zero-order valence-corrected chi connectivity index (χ0v) is 10.1. The van der Waals surface area contributed by atoms with E-state index >= 15 is 0 Å². The van der Waals surface area contributed by atoms with Gasteiger partial charge in [-0.1, -0.05) is 19.4 Å². The smallest absolute Gasteiger partial charge is 0.327 e. The standard InChI is InChI=1S/C10H23N3O2/c1-8(2)7-13(9(3)4)6-5-10(14)15-12-11/h8-9,12H,5-7,11H2,1-4H3. The summed E-state index contributed by atoms with van der Waals surface area (Å²) in [5, 5.41) is 0. The van der Waals surface area contributed by atoms with E-state index in [9.17, 15) is 4.79 Å². The number of nitrogens with zero attached hydrogens (tertiary/aromatic N) is 1. The number of carbonyl (C=O) groups is 1. The molecule has 0 aromatic rings. The fourth-order valence-electron chi connectivity index (χ4n) is 1.38. The lowest BCUT2D eigenvalue weighted by Gasteiger charge is -2.27. The van der Waals surface area contributed by atoms with Gasteiger partial charge in [0.1, 0.15) is 0 Å². The van der Waals surface area contributed by atoms with Gasteiger partial charge in [-0.25, -0.2) is 5.84 Å². The van der Waals surface area contributed by atoms with E-state index in [1.54, 1.807) is 0 Å². The minimum Gasteiger partial charge on any atom is -0.356 e. The van der Waals surface area contributed by atoms with Crippen LogP contribution in [0.15, 0.2) is 0 Å². The molecule has 0 saturated heterocycles. The number of nitrogens with one attached hydrogen (secondary N) is 1. The van der Waals surface area contributed by atoms with E-state index in [0.29, 0.717) is 24.9 Å². The van der Waals surface area contributed by atoms with Gasteiger partial charge >= 0.3 is 5.97 Å². The maximum atomic E-state index is 11.1. The third-order valence-electron chi connectivity index (χ3n) is 2.11. The van der Waals surface area contributed by atoms with Crippen molar-refractivity contribution in [1.82, 2.24) is 10.5 Å². The van der Waals surface area contributed by atoms with Crippen LogP contribution in [-0.4, -0.2) is 30.0 Å². The summed E-state index contributed by atoms with van der Waals surface area (Å²) in [6.07, 6.45) is 0.356. The lowest BCUT2D eigenvalue weighted by atomic mass is 10.1. The Labute approximate surface area is 91.9 Å². The Bertz CT molecular complexity index is 184. The van der Waals surface area contributed by atoms with Crippen LogP contribution in [0.25, 0.3) is 0 Å². The highest BCUT2D eigenvalue weighted by atomic mass is 16.7. The maximum Gasteiger partial charge on any atom is 0.327 e. The molecule has 0 rings (SSSR count). The molecule has 0 aliphatic carbocycles. The molecule has 0 aromatic carbocycles. The summed E-state index contributed by atoms with van der Waals surface area (Å²) >= 11 is 0. The predicted molar refractivity (Wildman–Crippen MR) is 59.6 cm³/mol. The summed E-state index contributed by atoms with van der Waals surface area (Å²) < 4.78 is 0. The van der Waals surface area contributed by atoms with E-state index in [4.69, 9.17) is 5.84 Å². The summed E-state index contributed by atoms with van der Waals surface area (Å²) in [6.45, 7) is 10.3. The first-order chi connectivity index (χ1) is 6.97. The molecule has 3 N–H and O–H groups in total. The number of hydrogen-bond donors (Lipinski definition) is 2. The van der Waals surface area contributed by atoms with E-state index in [-0.39, 0.29) is 5.97 Å². The molecule has 90 valence electrons. The second-order valence-corrected chi connectivity index (χ2v) is 4.32. The van der Waals surface area contributed by atoms with Gasteiger partial charge in [0.05, 0.1) is 6.42 Å². The van der Waals surface area contributed by atoms with Crippen LogP contribution in [0.1, 0.15) is 34.1 Å². The van der Waals surface area contributed by atoms with E-state index in [2.05, 4.69) is 37.4 Å². The first kappa shape index (κ1) is 14.3. The molecule has 0 bridgehead atoms. The molecular weight excluding hydrogens is 194 g/mol. The Morgan fingerprint density at radius 2 is 2.00 bits per heavy atom. The van der Waals surface area contributed by atoms with E-state index < -0.39 is 0 Å². The van der Waals surface area contributed by atoms with Crippen LogP contribution in [0.2, 0.25) is 0 Å². The van der Waals surface area contributed by atoms with Crippen molar-refractivity contribution < 1.29 is 9.63 Å². The second-order valence-electron chi connectivity index (χ2n) is 4.32. The summed E-state index contributed by atoms with van der Waals surface area (Å²) in [5.41, 5.74) is 1.89. The van der Waals surface area contributed by atoms with Crippen molar-refractivity contribution in [3.8, 4) is 0 Å². The second kappa shape index (κ2) is 7.62. The zero-order chi connectivity index (χ0) is 11.8.